The van der Waals surface area contributed by atoms with Crippen LogP contribution >= 0.6 is 0 Å². The zero-order chi connectivity index (χ0) is 14.9. The first-order valence-electron chi connectivity index (χ1n) is 7.03. The molecule has 2 rings (SSSR count). The third kappa shape index (κ3) is 2.73. The molecule has 1 atom stereocenters. The van der Waals surface area contributed by atoms with Gasteiger partial charge in [-0.1, -0.05) is 19.1 Å². The minimum absolute atomic E-state index is 0.640. The maximum absolute atomic E-state index is 10.8. The van der Waals surface area contributed by atoms with Gasteiger partial charge in [0.1, 0.15) is 6.10 Å². The van der Waals surface area contributed by atoms with Gasteiger partial charge in [-0.2, -0.15) is 10.2 Å². The molecule has 0 radical (unpaired) electrons. The molecule has 0 bridgehead atoms. The number of benzene rings is 1. The van der Waals surface area contributed by atoms with Crippen LogP contribution in [0.3, 0.4) is 0 Å². The third-order valence-electron chi connectivity index (χ3n) is 3.83. The second kappa shape index (κ2) is 5.71. The molecule has 0 fully saturated rings. The molecule has 0 spiro atoms. The van der Waals surface area contributed by atoms with Crippen molar-refractivity contribution < 1.29 is 5.11 Å². The fourth-order valence-electron chi connectivity index (χ4n) is 2.49. The maximum atomic E-state index is 10.8. The normalized spacial score (nSPS) is 12.5. The average Bonchev–Trinajstić information content (AvgIpc) is 2.42. The Hall–Kier alpha value is -1.74. The minimum atomic E-state index is -0.640. The highest BCUT2D eigenvalue weighted by Gasteiger charge is 2.18. The molecular formula is C17H22N2O. The molecule has 1 unspecified atom stereocenters. The Morgan fingerprint density at radius 3 is 2.20 bits per heavy atom. The molecule has 20 heavy (non-hydrogen) atoms. The molecule has 3 heteroatoms. The first-order chi connectivity index (χ1) is 9.43. The summed E-state index contributed by atoms with van der Waals surface area (Å²) < 4.78 is 0. The molecule has 0 amide bonds. The molecule has 3 nitrogen and oxygen atoms in total. The predicted molar refractivity (Wildman–Crippen MR) is 80.9 cm³/mol. The number of aliphatic hydroxyl groups excluding tert-OH is 1. The van der Waals surface area contributed by atoms with E-state index in [0.717, 1.165) is 34.5 Å². The zero-order valence-electron chi connectivity index (χ0n) is 12.9. The third-order valence-corrected chi connectivity index (χ3v) is 3.83. The van der Waals surface area contributed by atoms with E-state index >= 15 is 0 Å². The van der Waals surface area contributed by atoms with E-state index in [9.17, 15) is 5.11 Å². The highest BCUT2D eigenvalue weighted by atomic mass is 16.3. The van der Waals surface area contributed by atoms with Gasteiger partial charge in [0.05, 0.1) is 11.4 Å². The van der Waals surface area contributed by atoms with Crippen LogP contribution in [-0.4, -0.2) is 15.3 Å². The van der Waals surface area contributed by atoms with Crippen LogP contribution in [0.2, 0.25) is 0 Å². The molecule has 0 aliphatic carbocycles. The molecule has 0 aliphatic heterocycles. The van der Waals surface area contributed by atoms with Gasteiger partial charge in [-0.05, 0) is 62.4 Å². The molecule has 106 valence electrons. The van der Waals surface area contributed by atoms with Gasteiger partial charge in [0, 0.05) is 5.56 Å². The van der Waals surface area contributed by atoms with E-state index in [1.807, 2.05) is 26.8 Å². The van der Waals surface area contributed by atoms with Crippen LogP contribution in [0.15, 0.2) is 18.2 Å². The summed E-state index contributed by atoms with van der Waals surface area (Å²) in [5.41, 5.74) is 7.07. The predicted octanol–water partition coefficient (Wildman–Crippen LogP) is 3.35. The minimum Gasteiger partial charge on any atom is -0.384 e. The van der Waals surface area contributed by atoms with Crippen molar-refractivity contribution in [1.29, 1.82) is 0 Å². The number of rotatable bonds is 3. The number of hydrogen-bond acceptors (Lipinski definition) is 3. The molecule has 0 saturated heterocycles. The van der Waals surface area contributed by atoms with Crippen LogP contribution in [-0.2, 0) is 6.42 Å². The Balaban J connectivity index is 2.54. The molecule has 1 N–H and O–H groups in total. The van der Waals surface area contributed by atoms with Crippen LogP contribution in [0.4, 0.5) is 0 Å². The molecular weight excluding hydrogens is 248 g/mol. The van der Waals surface area contributed by atoms with E-state index in [1.54, 1.807) is 0 Å². The Morgan fingerprint density at radius 1 is 0.900 bits per heavy atom. The zero-order valence-corrected chi connectivity index (χ0v) is 12.9. The molecule has 0 aliphatic rings. The summed E-state index contributed by atoms with van der Waals surface area (Å²) in [5.74, 6) is 0. The molecule has 2 aromatic rings. The fourth-order valence-corrected chi connectivity index (χ4v) is 2.49. The lowest BCUT2D eigenvalue weighted by atomic mass is 9.92. The Kier molecular flexibility index (Phi) is 4.19. The van der Waals surface area contributed by atoms with Crippen molar-refractivity contribution in [1.82, 2.24) is 10.2 Å². The van der Waals surface area contributed by atoms with Gasteiger partial charge >= 0.3 is 0 Å². The van der Waals surface area contributed by atoms with Crippen molar-refractivity contribution in [3.05, 3.63) is 57.4 Å². The van der Waals surface area contributed by atoms with Gasteiger partial charge < -0.3 is 5.11 Å². The lowest BCUT2D eigenvalue weighted by molar-refractivity contribution is 0.217. The second-order valence-corrected chi connectivity index (χ2v) is 5.44. The second-order valence-electron chi connectivity index (χ2n) is 5.44. The van der Waals surface area contributed by atoms with E-state index in [1.165, 1.54) is 11.1 Å². The monoisotopic (exact) mass is 270 g/mol. The highest BCUT2D eigenvalue weighted by molar-refractivity contribution is 5.42. The van der Waals surface area contributed by atoms with E-state index in [0.29, 0.717) is 0 Å². The van der Waals surface area contributed by atoms with Gasteiger partial charge in [-0.3, -0.25) is 0 Å². The standard InChI is InChI=1S/C17H22N2O/c1-6-16-15(9-13(5)18-19-16)17(20)14-8-11(3)10(2)7-12(14)4/h7-9,17,20H,6H2,1-5H3. The summed E-state index contributed by atoms with van der Waals surface area (Å²) in [6, 6.07) is 6.14. The van der Waals surface area contributed by atoms with Crippen molar-refractivity contribution >= 4 is 0 Å². The molecule has 0 saturated carbocycles. The van der Waals surface area contributed by atoms with Gasteiger partial charge in [0.2, 0.25) is 0 Å². The molecule has 1 aromatic carbocycles. The largest absolute Gasteiger partial charge is 0.384 e. The SMILES string of the molecule is CCc1nnc(C)cc1C(O)c1cc(C)c(C)cc1C. The van der Waals surface area contributed by atoms with Gasteiger partial charge in [0.15, 0.2) is 0 Å². The Labute approximate surface area is 120 Å². The van der Waals surface area contributed by atoms with Crippen molar-refractivity contribution in [2.24, 2.45) is 0 Å². The first kappa shape index (κ1) is 14.7. The molecule has 1 heterocycles. The summed E-state index contributed by atoms with van der Waals surface area (Å²) in [6.07, 6.45) is 0.127. The summed E-state index contributed by atoms with van der Waals surface area (Å²) in [4.78, 5) is 0. The Morgan fingerprint density at radius 2 is 1.55 bits per heavy atom. The number of aliphatic hydroxyl groups is 1. The van der Waals surface area contributed by atoms with Gasteiger partial charge in [-0.25, -0.2) is 0 Å². The summed E-state index contributed by atoms with van der Waals surface area (Å²) in [7, 11) is 0. The van der Waals surface area contributed by atoms with Crippen molar-refractivity contribution in [3.63, 3.8) is 0 Å². The summed E-state index contributed by atoms with van der Waals surface area (Å²) in [6.45, 7) is 10.1. The topological polar surface area (TPSA) is 46.0 Å². The number of hydrogen-bond donors (Lipinski definition) is 1. The van der Waals surface area contributed by atoms with Crippen LogP contribution in [0.1, 0.15) is 52.2 Å². The molecule has 1 aromatic heterocycles. The van der Waals surface area contributed by atoms with E-state index in [2.05, 4.69) is 36.2 Å². The Bertz CT molecular complexity index is 635. The van der Waals surface area contributed by atoms with Crippen LogP contribution in [0.5, 0.6) is 0 Å². The lowest BCUT2D eigenvalue weighted by Gasteiger charge is -2.18. The van der Waals surface area contributed by atoms with Crippen molar-refractivity contribution in [2.75, 3.05) is 0 Å². The van der Waals surface area contributed by atoms with Crippen LogP contribution in [0, 0.1) is 27.7 Å². The first-order valence-corrected chi connectivity index (χ1v) is 7.03. The van der Waals surface area contributed by atoms with Crippen molar-refractivity contribution in [2.45, 2.75) is 47.1 Å². The maximum Gasteiger partial charge on any atom is 0.106 e. The fraction of sp³-hybridized carbons (Fsp3) is 0.412. The lowest BCUT2D eigenvalue weighted by Crippen LogP contribution is -2.09. The van der Waals surface area contributed by atoms with E-state index in [4.69, 9.17) is 0 Å². The average molecular weight is 270 g/mol. The number of nitrogens with zero attached hydrogens (tertiary/aromatic N) is 2. The van der Waals surface area contributed by atoms with E-state index < -0.39 is 6.10 Å². The number of aryl methyl sites for hydroxylation is 5. The van der Waals surface area contributed by atoms with Gasteiger partial charge in [0.25, 0.3) is 0 Å². The van der Waals surface area contributed by atoms with Gasteiger partial charge in [-0.15, -0.1) is 0 Å². The summed E-state index contributed by atoms with van der Waals surface area (Å²) in [5, 5.41) is 19.0. The number of aromatic nitrogens is 2. The van der Waals surface area contributed by atoms with E-state index in [-0.39, 0.29) is 0 Å². The smallest absolute Gasteiger partial charge is 0.106 e. The quantitative estimate of drug-likeness (QED) is 0.930. The highest BCUT2D eigenvalue weighted by Crippen LogP contribution is 2.29. The van der Waals surface area contributed by atoms with Crippen LogP contribution < -0.4 is 0 Å². The van der Waals surface area contributed by atoms with Crippen LogP contribution in [0.25, 0.3) is 0 Å². The summed E-state index contributed by atoms with van der Waals surface area (Å²) >= 11 is 0. The van der Waals surface area contributed by atoms with Crippen molar-refractivity contribution in [3.8, 4) is 0 Å².